The van der Waals surface area contributed by atoms with Gasteiger partial charge in [0.25, 0.3) is 0 Å². The Morgan fingerprint density at radius 1 is 1.00 bits per heavy atom. The number of hydrogen-bond acceptors (Lipinski definition) is 1. The quantitative estimate of drug-likeness (QED) is 0.661. The molecular formula is C24H31N. The lowest BCUT2D eigenvalue weighted by atomic mass is 9.88. The van der Waals surface area contributed by atoms with Crippen molar-refractivity contribution in [1.82, 2.24) is 4.90 Å². The van der Waals surface area contributed by atoms with Crippen LogP contribution in [0.15, 0.2) is 43.0 Å². The van der Waals surface area contributed by atoms with E-state index in [1.54, 1.807) is 0 Å². The minimum absolute atomic E-state index is 0.690. The summed E-state index contributed by atoms with van der Waals surface area (Å²) in [6.07, 6.45) is 3.52. The van der Waals surface area contributed by atoms with Crippen LogP contribution in [0.1, 0.15) is 59.1 Å². The van der Waals surface area contributed by atoms with E-state index < -0.39 is 0 Å². The normalized spacial score (nSPS) is 15.4. The van der Waals surface area contributed by atoms with Gasteiger partial charge in [0, 0.05) is 24.4 Å². The van der Waals surface area contributed by atoms with E-state index in [4.69, 9.17) is 0 Å². The van der Waals surface area contributed by atoms with Crippen molar-refractivity contribution in [3.8, 4) is 0 Å². The van der Waals surface area contributed by atoms with E-state index >= 15 is 0 Å². The average Bonchev–Trinajstić information content (AvgIpc) is 2.62. The summed E-state index contributed by atoms with van der Waals surface area (Å²) in [4.78, 5) is 2.49. The summed E-state index contributed by atoms with van der Waals surface area (Å²) in [7, 11) is 0. The van der Waals surface area contributed by atoms with Crippen LogP contribution in [0.3, 0.4) is 0 Å². The molecule has 25 heavy (non-hydrogen) atoms. The maximum absolute atomic E-state index is 4.45. The zero-order valence-electron chi connectivity index (χ0n) is 16.2. The van der Waals surface area contributed by atoms with E-state index in [0.717, 1.165) is 19.5 Å². The van der Waals surface area contributed by atoms with Crippen LogP contribution in [0, 0.1) is 20.8 Å². The highest BCUT2D eigenvalue weighted by Crippen LogP contribution is 2.33. The predicted molar refractivity (Wildman–Crippen MR) is 109 cm³/mol. The van der Waals surface area contributed by atoms with Gasteiger partial charge in [0.05, 0.1) is 0 Å². The summed E-state index contributed by atoms with van der Waals surface area (Å²) in [5.74, 6) is 0.690. The lowest BCUT2D eigenvalue weighted by Crippen LogP contribution is -2.31. The third-order valence-corrected chi connectivity index (χ3v) is 5.80. The zero-order valence-corrected chi connectivity index (χ0v) is 16.2. The molecule has 0 unspecified atom stereocenters. The highest BCUT2D eigenvalue weighted by molar-refractivity contribution is 5.66. The minimum atomic E-state index is 0.690. The molecule has 0 aromatic heterocycles. The molecule has 0 atom stereocenters. The molecule has 0 amide bonds. The first kappa shape index (κ1) is 17.8. The Morgan fingerprint density at radius 3 is 2.24 bits per heavy atom. The molecule has 1 heteroatoms. The Bertz CT molecular complexity index is 746. The number of likely N-dealkylation sites (tertiary alicyclic amines) is 1. The van der Waals surface area contributed by atoms with Gasteiger partial charge in [-0.3, -0.25) is 0 Å². The second-order valence-corrected chi connectivity index (χ2v) is 7.57. The van der Waals surface area contributed by atoms with E-state index in [1.165, 1.54) is 51.9 Å². The Hall–Kier alpha value is -2.02. The summed E-state index contributed by atoms with van der Waals surface area (Å²) in [6.45, 7) is 15.5. The third kappa shape index (κ3) is 3.81. The van der Waals surface area contributed by atoms with Crippen molar-refractivity contribution in [2.45, 2.75) is 52.9 Å². The van der Waals surface area contributed by atoms with Gasteiger partial charge < -0.3 is 4.90 Å². The van der Waals surface area contributed by atoms with Crippen molar-refractivity contribution >= 4 is 5.70 Å². The zero-order chi connectivity index (χ0) is 18.0. The number of aryl methyl sites for hydroxylation is 4. The van der Waals surface area contributed by atoms with Gasteiger partial charge in [0.15, 0.2) is 0 Å². The van der Waals surface area contributed by atoms with Crippen molar-refractivity contribution in [3.63, 3.8) is 0 Å². The molecule has 2 aromatic rings. The minimum Gasteiger partial charge on any atom is -0.371 e. The Morgan fingerprint density at radius 2 is 1.64 bits per heavy atom. The number of benzene rings is 2. The third-order valence-electron chi connectivity index (χ3n) is 5.80. The van der Waals surface area contributed by atoms with Crippen molar-refractivity contribution < 1.29 is 0 Å². The monoisotopic (exact) mass is 333 g/mol. The molecule has 2 aromatic carbocycles. The van der Waals surface area contributed by atoms with Crippen LogP contribution in [0.2, 0.25) is 0 Å². The summed E-state index contributed by atoms with van der Waals surface area (Å²) >= 11 is 0. The maximum atomic E-state index is 4.45. The van der Waals surface area contributed by atoms with Crippen molar-refractivity contribution in [2.75, 3.05) is 13.1 Å². The predicted octanol–water partition coefficient (Wildman–Crippen LogP) is 6.02. The summed E-state index contributed by atoms with van der Waals surface area (Å²) < 4.78 is 0. The van der Waals surface area contributed by atoms with Gasteiger partial charge in [-0.05, 0) is 74.3 Å². The van der Waals surface area contributed by atoms with Crippen molar-refractivity contribution in [1.29, 1.82) is 0 Å². The van der Waals surface area contributed by atoms with E-state index in [2.05, 4.69) is 75.6 Å². The standard InChI is InChI=1S/C24H31N/c1-6-21-16-24(19(4)15-18(21)3)20(5)25-13-11-23(12-14-25)22-9-7-17(2)8-10-22/h7-10,15-16,23H,5-6,11-14H2,1-4H3. The van der Waals surface area contributed by atoms with Gasteiger partial charge in [-0.2, -0.15) is 0 Å². The first-order valence-corrected chi connectivity index (χ1v) is 9.60. The van der Waals surface area contributed by atoms with Crippen LogP contribution in [0.5, 0.6) is 0 Å². The summed E-state index contributed by atoms with van der Waals surface area (Å²) in [5.41, 5.74) is 9.56. The van der Waals surface area contributed by atoms with E-state index in [-0.39, 0.29) is 0 Å². The molecule has 3 rings (SSSR count). The van der Waals surface area contributed by atoms with Gasteiger partial charge in [0.1, 0.15) is 0 Å². The smallest absolute Gasteiger partial charge is 0.0369 e. The Kier molecular flexibility index (Phi) is 5.32. The van der Waals surface area contributed by atoms with Crippen LogP contribution < -0.4 is 0 Å². The SMILES string of the molecule is C=C(c1cc(CC)c(C)cc1C)N1CCC(c2ccc(C)cc2)CC1. The van der Waals surface area contributed by atoms with Gasteiger partial charge in [-0.25, -0.2) is 0 Å². The van der Waals surface area contributed by atoms with Crippen LogP contribution in [-0.2, 0) is 6.42 Å². The molecule has 1 aliphatic heterocycles. The second kappa shape index (κ2) is 7.47. The first-order chi connectivity index (χ1) is 12.0. The molecule has 0 bridgehead atoms. The highest BCUT2D eigenvalue weighted by Gasteiger charge is 2.22. The van der Waals surface area contributed by atoms with Crippen LogP contribution >= 0.6 is 0 Å². The fourth-order valence-corrected chi connectivity index (χ4v) is 4.08. The van der Waals surface area contributed by atoms with E-state index in [1.807, 2.05) is 0 Å². The fourth-order valence-electron chi connectivity index (χ4n) is 4.08. The van der Waals surface area contributed by atoms with Crippen molar-refractivity contribution in [3.05, 3.63) is 76.4 Å². The fraction of sp³-hybridized carbons (Fsp3) is 0.417. The van der Waals surface area contributed by atoms with Gasteiger partial charge >= 0.3 is 0 Å². The van der Waals surface area contributed by atoms with Crippen molar-refractivity contribution in [2.24, 2.45) is 0 Å². The van der Waals surface area contributed by atoms with Gasteiger partial charge in [-0.15, -0.1) is 0 Å². The molecule has 1 heterocycles. The molecule has 1 nitrogen and oxygen atoms in total. The van der Waals surface area contributed by atoms with E-state index in [0.29, 0.717) is 5.92 Å². The van der Waals surface area contributed by atoms with Crippen LogP contribution in [-0.4, -0.2) is 18.0 Å². The molecule has 0 saturated carbocycles. The molecule has 1 aliphatic rings. The number of piperidine rings is 1. The molecule has 0 N–H and O–H groups in total. The molecule has 1 fully saturated rings. The largest absolute Gasteiger partial charge is 0.371 e. The highest BCUT2D eigenvalue weighted by atomic mass is 15.1. The summed E-state index contributed by atoms with van der Waals surface area (Å²) in [5, 5.41) is 0. The topological polar surface area (TPSA) is 3.24 Å². The molecule has 0 spiro atoms. The molecule has 0 radical (unpaired) electrons. The van der Waals surface area contributed by atoms with E-state index in [9.17, 15) is 0 Å². The Labute approximate surface area is 153 Å². The number of rotatable bonds is 4. The lowest BCUT2D eigenvalue weighted by Gasteiger charge is -2.35. The van der Waals surface area contributed by atoms with Gasteiger partial charge in [0.2, 0.25) is 0 Å². The molecular weight excluding hydrogens is 302 g/mol. The van der Waals surface area contributed by atoms with Crippen LogP contribution in [0.4, 0.5) is 0 Å². The van der Waals surface area contributed by atoms with Crippen LogP contribution in [0.25, 0.3) is 5.70 Å². The van der Waals surface area contributed by atoms with Gasteiger partial charge in [-0.1, -0.05) is 49.4 Å². The second-order valence-electron chi connectivity index (χ2n) is 7.57. The summed E-state index contributed by atoms with van der Waals surface area (Å²) in [6, 6.07) is 13.8. The molecule has 0 aliphatic carbocycles. The lowest BCUT2D eigenvalue weighted by molar-refractivity contribution is 0.299. The maximum Gasteiger partial charge on any atom is 0.0369 e. The number of hydrogen-bond donors (Lipinski definition) is 0. The molecule has 132 valence electrons. The first-order valence-electron chi connectivity index (χ1n) is 9.60. The Balaban J connectivity index is 1.70. The molecule has 1 saturated heterocycles. The average molecular weight is 334 g/mol. The number of nitrogens with zero attached hydrogens (tertiary/aromatic N) is 1.